The van der Waals surface area contributed by atoms with Crippen molar-refractivity contribution in [1.29, 1.82) is 0 Å². The normalized spacial score (nSPS) is 11.2. The van der Waals surface area contributed by atoms with Crippen LogP contribution >= 0.6 is 0 Å². The van der Waals surface area contributed by atoms with E-state index in [9.17, 15) is 21.6 Å². The Labute approximate surface area is 70.5 Å². The molecule has 0 atom stereocenters. The SMILES string of the molecule is [CH3-].[NH-]S(=O)(=O)C(F)(F)F.[Re]. The van der Waals surface area contributed by atoms with Crippen molar-refractivity contribution in [1.82, 2.24) is 0 Å². The molecule has 0 saturated carbocycles. The minimum atomic E-state index is -5.59. The molecule has 3 nitrogen and oxygen atoms in total. The fourth-order valence-electron chi connectivity index (χ4n) is 0. The average Bonchev–Trinajstić information content (AvgIpc) is 1.25. The summed E-state index contributed by atoms with van der Waals surface area (Å²) in [6, 6.07) is 0. The summed E-state index contributed by atoms with van der Waals surface area (Å²) in [7, 11) is -5.59. The molecule has 0 saturated heterocycles. The Morgan fingerprint density at radius 2 is 1.30 bits per heavy atom. The first-order valence-electron chi connectivity index (χ1n) is 1.31. The van der Waals surface area contributed by atoms with Gasteiger partial charge >= 0.3 is 5.51 Å². The van der Waals surface area contributed by atoms with Gasteiger partial charge in [-0.15, -0.1) is 0 Å². The molecule has 0 aromatic carbocycles. The monoisotopic (exact) mass is 350 g/mol. The van der Waals surface area contributed by atoms with Crippen molar-refractivity contribution >= 4 is 10.0 Å². The van der Waals surface area contributed by atoms with Gasteiger partial charge in [-0.25, -0.2) is 8.42 Å². The van der Waals surface area contributed by atoms with E-state index in [1.807, 2.05) is 0 Å². The van der Waals surface area contributed by atoms with Crippen molar-refractivity contribution in [2.75, 3.05) is 0 Å². The molecule has 0 bridgehead atoms. The van der Waals surface area contributed by atoms with Gasteiger partial charge in [0.05, 0.1) is 0 Å². The number of alkyl halides is 3. The van der Waals surface area contributed by atoms with Crippen LogP contribution in [0.1, 0.15) is 0 Å². The first kappa shape index (κ1) is 16.8. The molecule has 0 spiro atoms. The van der Waals surface area contributed by atoms with Gasteiger partial charge < -0.3 is 12.6 Å². The molecule has 0 unspecified atom stereocenters. The van der Waals surface area contributed by atoms with Gasteiger partial charge in [0.15, 0.2) is 10.0 Å². The average molecular weight is 349 g/mol. The summed E-state index contributed by atoms with van der Waals surface area (Å²) in [6.07, 6.45) is 0. The first-order valence-corrected chi connectivity index (χ1v) is 2.79. The molecule has 0 rings (SSSR count). The van der Waals surface area contributed by atoms with E-state index in [4.69, 9.17) is 5.14 Å². The molecule has 0 aliphatic rings. The van der Waals surface area contributed by atoms with Crippen LogP contribution in [0.4, 0.5) is 13.2 Å². The number of halogens is 3. The second-order valence-corrected chi connectivity index (χ2v) is 2.42. The minimum absolute atomic E-state index is 0. The van der Waals surface area contributed by atoms with Crippen LogP contribution in [0.15, 0.2) is 0 Å². The van der Waals surface area contributed by atoms with Crippen molar-refractivity contribution in [3.05, 3.63) is 12.6 Å². The fraction of sp³-hybridized carbons (Fsp3) is 0.500. The van der Waals surface area contributed by atoms with Crippen molar-refractivity contribution in [2.24, 2.45) is 0 Å². The Balaban J connectivity index is -0.000000245. The van der Waals surface area contributed by atoms with E-state index in [0.29, 0.717) is 0 Å². The second kappa shape index (κ2) is 4.28. The fourth-order valence-corrected chi connectivity index (χ4v) is 0. The molecular weight excluding hydrogens is 345 g/mol. The number of hydrogen-bond donors (Lipinski definition) is 0. The predicted molar refractivity (Wildman–Crippen MR) is 25.7 cm³/mol. The smallest absolute Gasteiger partial charge is 0.479 e. The van der Waals surface area contributed by atoms with Crippen molar-refractivity contribution in [2.45, 2.75) is 5.51 Å². The van der Waals surface area contributed by atoms with E-state index in [2.05, 4.69) is 0 Å². The van der Waals surface area contributed by atoms with Gasteiger partial charge in [-0.1, -0.05) is 0 Å². The molecule has 0 aromatic heterocycles. The number of sulfonamides is 1. The van der Waals surface area contributed by atoms with Crippen LogP contribution in [-0.2, 0) is 30.4 Å². The van der Waals surface area contributed by atoms with Crippen molar-refractivity contribution in [3.63, 3.8) is 0 Å². The summed E-state index contributed by atoms with van der Waals surface area (Å²) >= 11 is 0. The maximum absolute atomic E-state index is 10.8. The standard InChI is InChI=1S/CHF3NO2S.CH3.Re/c2-1(3,4)8(5,6)7;;/h(H-,5,6,7);1H3;/q2*-1;. The molecule has 1 N–H and O–H groups in total. The van der Waals surface area contributed by atoms with Gasteiger partial charge in [-0.3, -0.25) is 0 Å². The van der Waals surface area contributed by atoms with E-state index in [-0.39, 0.29) is 27.8 Å². The molecule has 0 heterocycles. The summed E-state index contributed by atoms with van der Waals surface area (Å²) < 4.78 is 50.8. The number of hydrogen-bond acceptors (Lipinski definition) is 2. The largest absolute Gasteiger partial charge is 0.556 e. The van der Waals surface area contributed by atoms with Crippen LogP contribution in [0.25, 0.3) is 5.14 Å². The Bertz CT molecular complexity index is 173. The van der Waals surface area contributed by atoms with E-state index >= 15 is 0 Å². The van der Waals surface area contributed by atoms with Crippen molar-refractivity contribution in [3.8, 4) is 0 Å². The van der Waals surface area contributed by atoms with Crippen LogP contribution in [0.3, 0.4) is 0 Å². The third-order valence-corrected chi connectivity index (χ3v) is 0.914. The molecule has 8 heteroatoms. The van der Waals surface area contributed by atoms with Crippen LogP contribution < -0.4 is 0 Å². The Kier molecular flexibility index (Phi) is 7.18. The Morgan fingerprint density at radius 3 is 1.30 bits per heavy atom. The Hall–Kier alpha value is 0.362. The topological polar surface area (TPSA) is 57.9 Å². The number of rotatable bonds is 0. The zero-order valence-corrected chi connectivity index (χ0v) is 8.27. The van der Waals surface area contributed by atoms with Gasteiger partial charge in [0.1, 0.15) is 0 Å². The molecule has 65 valence electrons. The van der Waals surface area contributed by atoms with Gasteiger partial charge in [0, 0.05) is 20.4 Å². The molecule has 0 aliphatic heterocycles. The molecule has 10 heavy (non-hydrogen) atoms. The summed E-state index contributed by atoms with van der Waals surface area (Å²) in [4.78, 5) is 0. The van der Waals surface area contributed by atoms with E-state index in [1.54, 1.807) is 0 Å². The molecule has 0 fully saturated rings. The van der Waals surface area contributed by atoms with Crippen LogP contribution in [0, 0.1) is 7.43 Å². The molecule has 1 radical (unpaired) electrons. The summed E-state index contributed by atoms with van der Waals surface area (Å²) in [5.74, 6) is 0. The first-order chi connectivity index (χ1) is 3.25. The van der Waals surface area contributed by atoms with Gasteiger partial charge in [-0.2, -0.15) is 13.2 Å². The second-order valence-electron chi connectivity index (χ2n) is 0.949. The Morgan fingerprint density at radius 1 is 1.20 bits per heavy atom. The molecular formula is C2H4F3NO2ReS-2. The molecule has 0 aliphatic carbocycles. The van der Waals surface area contributed by atoms with Gasteiger partial charge in [0.2, 0.25) is 0 Å². The maximum atomic E-state index is 10.8. The van der Waals surface area contributed by atoms with Crippen molar-refractivity contribution < 1.29 is 42.0 Å². The zero-order chi connectivity index (χ0) is 7.00. The maximum Gasteiger partial charge on any atom is 0.479 e. The molecule has 0 aromatic rings. The van der Waals surface area contributed by atoms with E-state index in [0.717, 1.165) is 0 Å². The summed E-state index contributed by atoms with van der Waals surface area (Å²) in [5.41, 5.74) is -5.42. The van der Waals surface area contributed by atoms with Gasteiger partial charge in [0.25, 0.3) is 0 Å². The molecule has 0 amide bonds. The van der Waals surface area contributed by atoms with E-state index < -0.39 is 15.5 Å². The van der Waals surface area contributed by atoms with Crippen LogP contribution in [0.5, 0.6) is 0 Å². The number of nitrogens with one attached hydrogen (secondary N) is 1. The summed E-state index contributed by atoms with van der Waals surface area (Å²) in [6.45, 7) is 0. The van der Waals surface area contributed by atoms with E-state index in [1.165, 1.54) is 0 Å². The minimum Gasteiger partial charge on any atom is -0.556 e. The zero-order valence-electron chi connectivity index (χ0n) is 4.74. The van der Waals surface area contributed by atoms with Gasteiger partial charge in [-0.05, 0) is 0 Å². The quantitative estimate of drug-likeness (QED) is 0.620. The predicted octanol–water partition coefficient (Wildman–Crippen LogP) is 1.34. The van der Waals surface area contributed by atoms with Crippen LogP contribution in [0.2, 0.25) is 0 Å². The third kappa shape index (κ3) is 5.17. The third-order valence-electron chi connectivity index (χ3n) is 0.305. The van der Waals surface area contributed by atoms with Crippen LogP contribution in [-0.4, -0.2) is 13.9 Å². The summed E-state index contributed by atoms with van der Waals surface area (Å²) in [5, 5.41) is 5.43.